The molecule has 0 aliphatic rings. The molecule has 0 radical (unpaired) electrons. The third-order valence-corrected chi connectivity index (χ3v) is 6.80. The molecule has 0 spiro atoms. The Balaban J connectivity index is 2.89. The van der Waals surface area contributed by atoms with Gasteiger partial charge in [0.1, 0.15) is 0 Å². The van der Waals surface area contributed by atoms with Gasteiger partial charge in [0.15, 0.2) is 5.11 Å². The van der Waals surface area contributed by atoms with Gasteiger partial charge in [-0.3, -0.25) is 0 Å². The lowest BCUT2D eigenvalue weighted by Crippen LogP contribution is -2.33. The molecule has 148 valence electrons. The highest BCUT2D eigenvalue weighted by Gasteiger charge is 2.20. The van der Waals surface area contributed by atoms with Crippen LogP contribution in [0.2, 0.25) is 0 Å². The molecule has 1 aromatic rings. The molecule has 0 unspecified atom stereocenters. The van der Waals surface area contributed by atoms with Crippen LogP contribution in [0.1, 0.15) is 50.7 Å². The highest BCUT2D eigenvalue weighted by atomic mass is 32.2. The number of hydrogen-bond donors (Lipinski definition) is 2. The van der Waals surface area contributed by atoms with Crippen molar-refractivity contribution >= 4 is 33.0 Å². The summed E-state index contributed by atoms with van der Waals surface area (Å²) in [5.74, 6) is 0.595. The van der Waals surface area contributed by atoms with E-state index in [0.29, 0.717) is 11.0 Å². The molecule has 7 heteroatoms. The van der Waals surface area contributed by atoms with Gasteiger partial charge in [0, 0.05) is 26.3 Å². The van der Waals surface area contributed by atoms with Gasteiger partial charge in [0.25, 0.3) is 0 Å². The molecule has 0 fully saturated rings. The number of anilines is 1. The van der Waals surface area contributed by atoms with Crippen molar-refractivity contribution in [3.05, 3.63) is 23.3 Å². The fourth-order valence-electron chi connectivity index (χ4n) is 2.66. The zero-order valence-corrected chi connectivity index (χ0v) is 18.5. The first-order chi connectivity index (χ1) is 12.1. The van der Waals surface area contributed by atoms with Crippen LogP contribution in [0, 0.1) is 19.8 Å². The smallest absolute Gasteiger partial charge is 0.242 e. The van der Waals surface area contributed by atoms with E-state index in [2.05, 4.69) is 24.5 Å². The third-order valence-electron chi connectivity index (χ3n) is 4.76. The van der Waals surface area contributed by atoms with Gasteiger partial charge in [-0.2, -0.15) is 0 Å². The lowest BCUT2D eigenvalue weighted by Gasteiger charge is -2.20. The number of unbranched alkanes of at least 4 members (excludes halogenated alkanes) is 1. The van der Waals surface area contributed by atoms with Crippen molar-refractivity contribution in [2.75, 3.05) is 26.0 Å². The normalized spacial score (nSPS) is 12.9. The van der Waals surface area contributed by atoms with Crippen molar-refractivity contribution in [3.63, 3.8) is 0 Å². The highest BCUT2D eigenvalue weighted by molar-refractivity contribution is 7.89. The Hall–Kier alpha value is -1.18. The second kappa shape index (κ2) is 10.2. The molecular formula is C19H33N3O2S2. The zero-order valence-electron chi connectivity index (χ0n) is 16.8. The standard InChI is InChI=1S/C19H33N3O2S2/c1-7-9-10-16(8-2)13-20-19(25)21-18-12-17(11-14(3)15(18)4)26(23,24)22(5)6/h11-12,16H,7-10,13H2,1-6H3,(H2,20,21,25)/t16-/m1/s1. The molecule has 26 heavy (non-hydrogen) atoms. The van der Waals surface area contributed by atoms with Gasteiger partial charge in [0.05, 0.1) is 4.90 Å². The van der Waals surface area contributed by atoms with Crippen LogP contribution >= 0.6 is 12.2 Å². The summed E-state index contributed by atoms with van der Waals surface area (Å²) in [6, 6.07) is 3.35. The summed E-state index contributed by atoms with van der Waals surface area (Å²) >= 11 is 5.42. The molecule has 0 aliphatic carbocycles. The van der Waals surface area contributed by atoms with Crippen molar-refractivity contribution < 1.29 is 8.42 Å². The van der Waals surface area contributed by atoms with Crippen molar-refractivity contribution in [2.45, 2.75) is 58.3 Å². The average Bonchev–Trinajstić information content (AvgIpc) is 2.58. The Labute approximate surface area is 164 Å². The molecule has 1 rings (SSSR count). The van der Waals surface area contributed by atoms with Crippen LogP contribution in [0.25, 0.3) is 0 Å². The van der Waals surface area contributed by atoms with E-state index < -0.39 is 10.0 Å². The van der Waals surface area contributed by atoms with E-state index in [9.17, 15) is 8.42 Å². The molecule has 0 aromatic heterocycles. The van der Waals surface area contributed by atoms with E-state index >= 15 is 0 Å². The first-order valence-electron chi connectivity index (χ1n) is 9.22. The molecule has 5 nitrogen and oxygen atoms in total. The first-order valence-corrected chi connectivity index (χ1v) is 11.1. The second-order valence-corrected chi connectivity index (χ2v) is 9.51. The summed E-state index contributed by atoms with van der Waals surface area (Å²) in [6.45, 7) is 9.09. The molecule has 1 atom stereocenters. The van der Waals surface area contributed by atoms with Crippen LogP contribution in [0.3, 0.4) is 0 Å². The number of hydrogen-bond acceptors (Lipinski definition) is 3. The maximum absolute atomic E-state index is 12.4. The van der Waals surface area contributed by atoms with E-state index in [1.54, 1.807) is 12.1 Å². The van der Waals surface area contributed by atoms with Gasteiger partial charge in [-0.05, 0) is 61.7 Å². The number of sulfonamides is 1. The minimum Gasteiger partial charge on any atom is -0.362 e. The molecule has 1 aromatic carbocycles. The second-order valence-electron chi connectivity index (χ2n) is 6.95. The fourth-order valence-corrected chi connectivity index (χ4v) is 3.87. The molecule has 0 heterocycles. The molecule has 0 saturated carbocycles. The number of thiocarbonyl (C=S) groups is 1. The van der Waals surface area contributed by atoms with E-state index in [1.807, 2.05) is 13.8 Å². The molecule has 0 saturated heterocycles. The Morgan fingerprint density at radius 1 is 1.23 bits per heavy atom. The predicted molar refractivity (Wildman–Crippen MR) is 114 cm³/mol. The lowest BCUT2D eigenvalue weighted by molar-refractivity contribution is 0.446. The van der Waals surface area contributed by atoms with Gasteiger partial charge < -0.3 is 10.6 Å². The largest absolute Gasteiger partial charge is 0.362 e. The summed E-state index contributed by atoms with van der Waals surface area (Å²) in [5.41, 5.74) is 2.63. The van der Waals surface area contributed by atoms with Crippen LogP contribution in [0.5, 0.6) is 0 Å². The summed E-state index contributed by atoms with van der Waals surface area (Å²) in [5, 5.41) is 6.98. The van der Waals surface area contributed by atoms with E-state index in [4.69, 9.17) is 12.2 Å². The van der Waals surface area contributed by atoms with E-state index in [-0.39, 0.29) is 4.90 Å². The number of nitrogens with one attached hydrogen (secondary N) is 2. The van der Waals surface area contributed by atoms with E-state index in [1.165, 1.54) is 37.7 Å². The van der Waals surface area contributed by atoms with Gasteiger partial charge >= 0.3 is 0 Å². The Kier molecular flexibility index (Phi) is 9.00. The highest BCUT2D eigenvalue weighted by Crippen LogP contribution is 2.25. The van der Waals surface area contributed by atoms with Crippen LogP contribution < -0.4 is 10.6 Å². The van der Waals surface area contributed by atoms with Crippen molar-refractivity contribution in [1.82, 2.24) is 9.62 Å². The van der Waals surface area contributed by atoms with Crippen LogP contribution in [0.15, 0.2) is 17.0 Å². The topological polar surface area (TPSA) is 61.4 Å². The molecular weight excluding hydrogens is 366 g/mol. The lowest BCUT2D eigenvalue weighted by atomic mass is 9.99. The Morgan fingerprint density at radius 2 is 1.88 bits per heavy atom. The van der Waals surface area contributed by atoms with Gasteiger partial charge in [-0.15, -0.1) is 0 Å². The summed E-state index contributed by atoms with van der Waals surface area (Å²) < 4.78 is 26.1. The maximum Gasteiger partial charge on any atom is 0.242 e. The first kappa shape index (κ1) is 22.9. The number of aryl methyl sites for hydroxylation is 1. The molecule has 0 amide bonds. The van der Waals surface area contributed by atoms with Crippen molar-refractivity contribution in [3.8, 4) is 0 Å². The summed E-state index contributed by atoms with van der Waals surface area (Å²) in [6.07, 6.45) is 4.73. The van der Waals surface area contributed by atoms with Gasteiger partial charge in [-0.25, -0.2) is 12.7 Å². The third kappa shape index (κ3) is 6.21. The van der Waals surface area contributed by atoms with Crippen molar-refractivity contribution in [1.29, 1.82) is 0 Å². The number of rotatable bonds is 9. The molecule has 2 N–H and O–H groups in total. The number of nitrogens with zero attached hydrogens (tertiary/aromatic N) is 1. The Bertz CT molecular complexity index is 716. The van der Waals surface area contributed by atoms with Crippen LogP contribution in [-0.2, 0) is 10.0 Å². The Morgan fingerprint density at radius 3 is 2.42 bits per heavy atom. The van der Waals surface area contributed by atoms with Crippen LogP contribution in [-0.4, -0.2) is 38.5 Å². The monoisotopic (exact) mass is 399 g/mol. The molecule has 0 aliphatic heterocycles. The average molecular weight is 400 g/mol. The minimum atomic E-state index is -3.48. The van der Waals surface area contributed by atoms with Crippen LogP contribution in [0.4, 0.5) is 5.69 Å². The van der Waals surface area contributed by atoms with Crippen molar-refractivity contribution in [2.24, 2.45) is 5.92 Å². The maximum atomic E-state index is 12.4. The van der Waals surface area contributed by atoms with Gasteiger partial charge in [0.2, 0.25) is 10.0 Å². The van der Waals surface area contributed by atoms with Gasteiger partial charge in [-0.1, -0.05) is 33.1 Å². The SMILES string of the molecule is CCCC[C@@H](CC)CNC(=S)Nc1cc(S(=O)(=O)N(C)C)cc(C)c1C. The van der Waals surface area contributed by atoms with E-state index in [0.717, 1.165) is 29.8 Å². The zero-order chi connectivity index (χ0) is 19.9. The fraction of sp³-hybridized carbons (Fsp3) is 0.632. The molecule has 0 bridgehead atoms. The summed E-state index contributed by atoms with van der Waals surface area (Å²) in [4.78, 5) is 0.269. The summed E-state index contributed by atoms with van der Waals surface area (Å²) in [7, 11) is -0.419. The quantitative estimate of drug-likeness (QED) is 0.613. The predicted octanol–water partition coefficient (Wildman–Crippen LogP) is 4.06. The number of benzene rings is 1. The minimum absolute atomic E-state index is 0.269.